The third kappa shape index (κ3) is 1.90. The van der Waals surface area contributed by atoms with Gasteiger partial charge in [-0.15, -0.1) is 0 Å². The molecular formula is C14H12N6O. The molecule has 3 heterocycles. The van der Waals surface area contributed by atoms with Crippen LogP contribution >= 0.6 is 0 Å². The Morgan fingerprint density at radius 2 is 2.14 bits per heavy atom. The summed E-state index contributed by atoms with van der Waals surface area (Å²) in [5.74, 6) is 0.341. The first kappa shape index (κ1) is 11.8. The van der Waals surface area contributed by atoms with Crippen molar-refractivity contribution in [3.63, 3.8) is 0 Å². The predicted molar refractivity (Wildman–Crippen MR) is 77.9 cm³/mol. The molecule has 0 fully saturated rings. The molecule has 0 radical (unpaired) electrons. The van der Waals surface area contributed by atoms with Crippen molar-refractivity contribution in [2.24, 2.45) is 12.1 Å². The minimum atomic E-state index is -0.104. The number of carbonyl (C=O) groups is 1. The summed E-state index contributed by atoms with van der Waals surface area (Å²) in [7, 11) is 1.83. The highest BCUT2D eigenvalue weighted by molar-refractivity contribution is 6.18. The van der Waals surface area contributed by atoms with Gasteiger partial charge in [-0.25, -0.2) is 4.98 Å². The number of para-hydroxylation sites is 2. The van der Waals surface area contributed by atoms with Gasteiger partial charge in [0.25, 0.3) is 5.91 Å². The van der Waals surface area contributed by atoms with Crippen LogP contribution in [0.2, 0.25) is 0 Å². The molecule has 1 N–H and O–H groups in total. The molecule has 0 unspecified atom stereocenters. The average Bonchev–Trinajstić information content (AvgIpc) is 3.15. The molecule has 0 saturated heterocycles. The summed E-state index contributed by atoms with van der Waals surface area (Å²) >= 11 is 0. The molecule has 1 aliphatic heterocycles. The lowest BCUT2D eigenvalue weighted by Crippen LogP contribution is -2.20. The van der Waals surface area contributed by atoms with Crippen LogP contribution in [-0.2, 0) is 11.8 Å². The third-order valence-corrected chi connectivity index (χ3v) is 3.39. The summed E-state index contributed by atoms with van der Waals surface area (Å²) in [5, 5.41) is 9.79. The number of H-pyrrole nitrogens is 1. The number of carbonyl (C=O) groups excluding carboxylic acids is 1. The Morgan fingerprint density at radius 3 is 2.90 bits per heavy atom. The maximum absolute atomic E-state index is 12.2. The number of amides is 1. The number of imidazole rings is 1. The number of aryl methyl sites for hydroxylation is 1. The maximum Gasteiger partial charge on any atom is 0.256 e. The van der Waals surface area contributed by atoms with Crippen molar-refractivity contribution in [3.05, 3.63) is 42.2 Å². The van der Waals surface area contributed by atoms with E-state index in [1.54, 1.807) is 10.9 Å². The van der Waals surface area contributed by atoms with Crippen molar-refractivity contribution in [2.75, 3.05) is 5.01 Å². The fraction of sp³-hybridized carbons (Fsp3) is 0.143. The van der Waals surface area contributed by atoms with Crippen LogP contribution in [0.3, 0.4) is 0 Å². The Kier molecular flexibility index (Phi) is 2.41. The summed E-state index contributed by atoms with van der Waals surface area (Å²) in [5.41, 5.74) is 3.24. The van der Waals surface area contributed by atoms with Crippen molar-refractivity contribution in [1.82, 2.24) is 19.7 Å². The topological polar surface area (TPSA) is 79.2 Å². The quantitative estimate of drug-likeness (QED) is 0.771. The zero-order valence-electron chi connectivity index (χ0n) is 11.3. The predicted octanol–water partition coefficient (Wildman–Crippen LogP) is 1.44. The molecule has 1 aliphatic rings. The van der Waals surface area contributed by atoms with Crippen molar-refractivity contribution in [1.29, 1.82) is 0 Å². The number of hydrazone groups is 1. The van der Waals surface area contributed by atoms with Gasteiger partial charge >= 0.3 is 0 Å². The number of hydrogen-bond donors (Lipinski definition) is 1. The first-order valence-electron chi connectivity index (χ1n) is 6.55. The highest BCUT2D eigenvalue weighted by Gasteiger charge is 2.28. The molecule has 0 saturated carbocycles. The first-order chi connectivity index (χ1) is 10.2. The van der Waals surface area contributed by atoms with Crippen molar-refractivity contribution in [3.8, 4) is 0 Å². The second-order valence-electron chi connectivity index (χ2n) is 4.91. The maximum atomic E-state index is 12.2. The van der Waals surface area contributed by atoms with Crippen molar-refractivity contribution < 1.29 is 4.79 Å². The lowest BCUT2D eigenvalue weighted by atomic mass is 10.2. The Hall–Kier alpha value is -2.96. The summed E-state index contributed by atoms with van der Waals surface area (Å²) in [6.07, 6.45) is 3.80. The van der Waals surface area contributed by atoms with E-state index in [1.807, 2.05) is 37.5 Å². The molecule has 0 spiro atoms. The molecule has 0 atom stereocenters. The number of aromatic nitrogens is 4. The number of anilines is 1. The van der Waals surface area contributed by atoms with E-state index in [1.165, 1.54) is 5.01 Å². The SMILES string of the molecule is Cn1cc(C2=NN(c3nc4ccccc4[nH]3)C(=O)C2)cn1. The van der Waals surface area contributed by atoms with Gasteiger partial charge in [-0.05, 0) is 12.1 Å². The monoisotopic (exact) mass is 280 g/mol. The highest BCUT2D eigenvalue weighted by Crippen LogP contribution is 2.22. The van der Waals surface area contributed by atoms with Gasteiger partial charge in [-0.2, -0.15) is 15.2 Å². The number of aromatic amines is 1. The summed E-state index contributed by atoms with van der Waals surface area (Å²) in [6, 6.07) is 7.63. The van der Waals surface area contributed by atoms with E-state index in [0.717, 1.165) is 16.6 Å². The average molecular weight is 280 g/mol. The van der Waals surface area contributed by atoms with Crippen LogP contribution in [0.5, 0.6) is 0 Å². The fourth-order valence-electron chi connectivity index (χ4n) is 2.37. The highest BCUT2D eigenvalue weighted by atomic mass is 16.2. The molecule has 2 aromatic heterocycles. The van der Waals surface area contributed by atoms with Gasteiger partial charge in [0.15, 0.2) is 0 Å². The number of nitrogens with one attached hydrogen (secondary N) is 1. The van der Waals surface area contributed by atoms with Crippen LogP contribution < -0.4 is 5.01 Å². The summed E-state index contributed by atoms with van der Waals surface area (Å²) in [6.45, 7) is 0. The van der Waals surface area contributed by atoms with E-state index < -0.39 is 0 Å². The van der Waals surface area contributed by atoms with E-state index in [4.69, 9.17) is 0 Å². The van der Waals surface area contributed by atoms with E-state index in [0.29, 0.717) is 11.7 Å². The van der Waals surface area contributed by atoms with Crippen LogP contribution in [0.1, 0.15) is 12.0 Å². The van der Waals surface area contributed by atoms with Crippen LogP contribution in [0, 0.1) is 0 Å². The van der Waals surface area contributed by atoms with E-state index in [2.05, 4.69) is 20.2 Å². The van der Waals surface area contributed by atoms with Gasteiger partial charge in [0.2, 0.25) is 5.95 Å². The molecule has 7 nitrogen and oxygen atoms in total. The van der Waals surface area contributed by atoms with Gasteiger partial charge in [-0.1, -0.05) is 12.1 Å². The zero-order valence-corrected chi connectivity index (χ0v) is 11.3. The Morgan fingerprint density at radius 1 is 1.29 bits per heavy atom. The van der Waals surface area contributed by atoms with E-state index in [9.17, 15) is 4.79 Å². The first-order valence-corrected chi connectivity index (χ1v) is 6.55. The molecule has 0 bridgehead atoms. The van der Waals surface area contributed by atoms with Gasteiger partial charge in [0.05, 0.1) is 29.4 Å². The van der Waals surface area contributed by atoms with Crippen LogP contribution in [0.25, 0.3) is 11.0 Å². The van der Waals surface area contributed by atoms with Gasteiger partial charge in [-0.3, -0.25) is 9.48 Å². The smallest absolute Gasteiger partial charge is 0.256 e. The van der Waals surface area contributed by atoms with E-state index in [-0.39, 0.29) is 12.3 Å². The number of fused-ring (bicyclic) bond motifs is 1. The number of hydrogen-bond acceptors (Lipinski definition) is 4. The molecule has 21 heavy (non-hydrogen) atoms. The lowest BCUT2D eigenvalue weighted by molar-refractivity contribution is -0.117. The van der Waals surface area contributed by atoms with Gasteiger partial charge in [0.1, 0.15) is 0 Å². The van der Waals surface area contributed by atoms with Gasteiger partial charge < -0.3 is 4.98 Å². The summed E-state index contributed by atoms with van der Waals surface area (Å²) in [4.78, 5) is 19.7. The lowest BCUT2D eigenvalue weighted by Gasteiger charge is -2.05. The number of benzene rings is 1. The Bertz CT molecular complexity index is 841. The second kappa shape index (κ2) is 4.27. The Labute approximate surface area is 119 Å². The molecule has 1 amide bonds. The molecule has 4 rings (SSSR count). The molecule has 0 aliphatic carbocycles. The second-order valence-corrected chi connectivity index (χ2v) is 4.91. The molecule has 3 aromatic rings. The minimum Gasteiger partial charge on any atom is -0.322 e. The van der Waals surface area contributed by atoms with Crippen molar-refractivity contribution in [2.45, 2.75) is 6.42 Å². The largest absolute Gasteiger partial charge is 0.322 e. The molecule has 104 valence electrons. The van der Waals surface area contributed by atoms with Crippen LogP contribution in [0.4, 0.5) is 5.95 Å². The minimum absolute atomic E-state index is 0.104. The van der Waals surface area contributed by atoms with Crippen molar-refractivity contribution >= 4 is 28.6 Å². The van der Waals surface area contributed by atoms with Gasteiger partial charge in [0, 0.05) is 18.8 Å². The van der Waals surface area contributed by atoms with E-state index >= 15 is 0 Å². The molecule has 7 heteroatoms. The molecule has 1 aromatic carbocycles. The molecular weight excluding hydrogens is 268 g/mol. The van der Waals surface area contributed by atoms with Crippen LogP contribution in [-0.4, -0.2) is 31.4 Å². The summed E-state index contributed by atoms with van der Waals surface area (Å²) < 4.78 is 1.69. The van der Waals surface area contributed by atoms with Crippen LogP contribution in [0.15, 0.2) is 41.8 Å². The number of rotatable bonds is 2. The standard InChI is InChI=1S/C14H12N6O/c1-19-8-9(7-15-19)12-6-13(21)20(18-12)14-16-10-4-2-3-5-11(10)17-14/h2-5,7-8H,6H2,1H3,(H,16,17). The fourth-order valence-corrected chi connectivity index (χ4v) is 2.37. The Balaban J connectivity index is 1.74. The number of nitrogens with zero attached hydrogens (tertiary/aromatic N) is 5. The normalized spacial score (nSPS) is 15.0. The zero-order chi connectivity index (χ0) is 14.4. The third-order valence-electron chi connectivity index (χ3n) is 3.39.